The zero-order valence-electron chi connectivity index (χ0n) is 28.9. The predicted molar refractivity (Wildman–Crippen MR) is 186 cm³/mol. The van der Waals surface area contributed by atoms with Crippen molar-refractivity contribution in [2.45, 2.75) is 70.8 Å². The van der Waals surface area contributed by atoms with Gasteiger partial charge in [-0.05, 0) is 55.6 Å². The lowest BCUT2D eigenvalue weighted by Gasteiger charge is -2.36. The van der Waals surface area contributed by atoms with E-state index in [4.69, 9.17) is 9.15 Å². The van der Waals surface area contributed by atoms with Crippen molar-refractivity contribution in [2.24, 2.45) is 11.8 Å². The van der Waals surface area contributed by atoms with E-state index in [1.165, 1.54) is 18.4 Å². The Morgan fingerprint density at radius 3 is 2.24 bits per heavy atom. The lowest BCUT2D eigenvalue weighted by molar-refractivity contribution is -0.138. The molecule has 2 heterocycles. The molecule has 1 aliphatic heterocycles. The average molecular weight is 678 g/mol. The summed E-state index contributed by atoms with van der Waals surface area (Å²) in [6.45, 7) is 6.04. The summed E-state index contributed by atoms with van der Waals surface area (Å²) in [6.07, 6.45) is 6.94. The first-order valence-electron chi connectivity index (χ1n) is 17.3. The zero-order chi connectivity index (χ0) is 35.1. The van der Waals surface area contributed by atoms with Crippen LogP contribution in [0.3, 0.4) is 0 Å². The van der Waals surface area contributed by atoms with Gasteiger partial charge in [0.1, 0.15) is 35.4 Å². The Labute approximate surface area is 286 Å². The third-order valence-corrected chi connectivity index (χ3v) is 9.97. The average Bonchev–Trinajstić information content (AvgIpc) is 3.30. The van der Waals surface area contributed by atoms with Gasteiger partial charge in [-0.25, -0.2) is 4.39 Å². The smallest absolute Gasteiger partial charge is 0.245 e. The Bertz CT molecular complexity index is 1640. The molecule has 3 N–H and O–H groups in total. The van der Waals surface area contributed by atoms with E-state index in [1.54, 1.807) is 50.1 Å². The van der Waals surface area contributed by atoms with Crippen LogP contribution in [-0.4, -0.2) is 79.8 Å². The number of fused-ring (bicyclic) bond motifs is 1. The van der Waals surface area contributed by atoms with Crippen molar-refractivity contribution in [3.05, 3.63) is 54.0 Å². The standard InChI is InChI=1S/C37H48FN5O6/c1-5-32(44)41-34(37(47)43-18-16-42(3)17-19-43)23(2)25-12-15-29(28(38)20-25)39-35(45)33(24-10-8-6-7-9-11-24)36(46)40-30-22-49-31-21-26(48-4)13-14-27(30)31/h12-15,20-24,33-34H,5-11,16-19H2,1-4H3,(H,39,45)(H,40,46)(H,41,44)/t23-,33+,34+/m0/s1. The highest BCUT2D eigenvalue weighted by molar-refractivity contribution is 6.13. The number of furan rings is 1. The van der Waals surface area contributed by atoms with Gasteiger partial charge < -0.3 is 34.9 Å². The summed E-state index contributed by atoms with van der Waals surface area (Å²) in [5.74, 6) is -3.45. The van der Waals surface area contributed by atoms with Crippen LogP contribution in [0.4, 0.5) is 15.8 Å². The first kappa shape index (κ1) is 35.8. The molecule has 264 valence electrons. The third kappa shape index (κ3) is 8.59. The largest absolute Gasteiger partial charge is 0.497 e. The lowest BCUT2D eigenvalue weighted by atomic mass is 9.84. The number of nitrogens with one attached hydrogen (secondary N) is 3. The van der Waals surface area contributed by atoms with Crippen LogP contribution < -0.4 is 20.7 Å². The fraction of sp³-hybridized carbons (Fsp3) is 0.514. The number of benzene rings is 2. The number of halogens is 1. The second-order valence-electron chi connectivity index (χ2n) is 13.3. The summed E-state index contributed by atoms with van der Waals surface area (Å²) < 4.78 is 26.7. The van der Waals surface area contributed by atoms with Gasteiger partial charge in [-0.3, -0.25) is 19.2 Å². The van der Waals surface area contributed by atoms with Gasteiger partial charge in [0.2, 0.25) is 23.6 Å². The van der Waals surface area contributed by atoms with Gasteiger partial charge in [-0.15, -0.1) is 0 Å². The number of hydrogen-bond donors (Lipinski definition) is 3. The Morgan fingerprint density at radius 2 is 1.61 bits per heavy atom. The van der Waals surface area contributed by atoms with E-state index in [1.807, 2.05) is 7.05 Å². The molecule has 12 heteroatoms. The van der Waals surface area contributed by atoms with Gasteiger partial charge in [0, 0.05) is 50.0 Å². The number of nitrogens with zero attached hydrogens (tertiary/aromatic N) is 2. The minimum absolute atomic E-state index is 0.0623. The minimum atomic E-state index is -1.06. The Kier molecular flexibility index (Phi) is 11.9. The number of carbonyl (C=O) groups is 4. The van der Waals surface area contributed by atoms with Crippen molar-refractivity contribution in [2.75, 3.05) is 51.0 Å². The molecule has 11 nitrogen and oxygen atoms in total. The highest BCUT2D eigenvalue weighted by Gasteiger charge is 2.37. The summed E-state index contributed by atoms with van der Waals surface area (Å²) in [6, 6.07) is 8.78. The van der Waals surface area contributed by atoms with Crippen molar-refractivity contribution in [3.63, 3.8) is 0 Å². The molecule has 3 atom stereocenters. The number of amides is 4. The van der Waals surface area contributed by atoms with E-state index in [9.17, 15) is 19.2 Å². The van der Waals surface area contributed by atoms with E-state index in [2.05, 4.69) is 20.9 Å². The monoisotopic (exact) mass is 677 g/mol. The lowest BCUT2D eigenvalue weighted by Crippen LogP contribution is -2.55. The molecular formula is C37H48FN5O6. The van der Waals surface area contributed by atoms with E-state index < -0.39 is 35.5 Å². The molecule has 2 aromatic carbocycles. The summed E-state index contributed by atoms with van der Waals surface area (Å²) in [5, 5.41) is 9.11. The van der Waals surface area contributed by atoms with E-state index >= 15 is 4.39 Å². The highest BCUT2D eigenvalue weighted by Crippen LogP contribution is 2.34. The van der Waals surface area contributed by atoms with Crippen molar-refractivity contribution < 1.29 is 32.7 Å². The number of methoxy groups -OCH3 is 1. The number of anilines is 2. The maximum absolute atomic E-state index is 15.7. The molecule has 0 radical (unpaired) electrons. The van der Waals surface area contributed by atoms with Crippen molar-refractivity contribution >= 4 is 46.0 Å². The van der Waals surface area contributed by atoms with Crippen LogP contribution in [0.25, 0.3) is 11.0 Å². The van der Waals surface area contributed by atoms with Crippen LogP contribution in [0.1, 0.15) is 70.3 Å². The number of hydrogen-bond acceptors (Lipinski definition) is 7. The fourth-order valence-corrected chi connectivity index (χ4v) is 6.85. The molecule has 0 unspecified atom stereocenters. The number of rotatable bonds is 11. The first-order valence-corrected chi connectivity index (χ1v) is 17.3. The number of ether oxygens (including phenoxy) is 1. The molecular weight excluding hydrogens is 629 g/mol. The zero-order valence-corrected chi connectivity index (χ0v) is 28.9. The number of likely N-dealkylation sites (N-methyl/N-ethyl adjacent to an activating group) is 1. The van der Waals surface area contributed by atoms with Crippen molar-refractivity contribution in [3.8, 4) is 5.75 Å². The van der Waals surface area contributed by atoms with Gasteiger partial charge in [-0.1, -0.05) is 45.6 Å². The molecule has 1 saturated heterocycles. The maximum Gasteiger partial charge on any atom is 0.245 e. The predicted octanol–water partition coefficient (Wildman–Crippen LogP) is 5.52. The quantitative estimate of drug-likeness (QED) is 0.180. The van der Waals surface area contributed by atoms with Crippen LogP contribution in [0.2, 0.25) is 0 Å². The van der Waals surface area contributed by atoms with Crippen molar-refractivity contribution in [1.82, 2.24) is 15.1 Å². The first-order chi connectivity index (χ1) is 23.6. The normalized spacial score (nSPS) is 17.9. The molecule has 0 spiro atoms. The maximum atomic E-state index is 15.7. The van der Waals surface area contributed by atoms with Crippen LogP contribution in [0.5, 0.6) is 5.75 Å². The van der Waals surface area contributed by atoms with Crippen LogP contribution >= 0.6 is 0 Å². The second kappa shape index (κ2) is 16.3. The molecule has 1 aliphatic carbocycles. The molecule has 0 bridgehead atoms. The van der Waals surface area contributed by atoms with E-state index in [0.717, 1.165) is 38.8 Å². The molecule has 1 aromatic heterocycles. The third-order valence-electron chi connectivity index (χ3n) is 9.97. The second-order valence-corrected chi connectivity index (χ2v) is 13.3. The Balaban J connectivity index is 1.35. The van der Waals surface area contributed by atoms with Crippen LogP contribution in [-0.2, 0) is 19.2 Å². The van der Waals surface area contributed by atoms with Crippen LogP contribution in [0, 0.1) is 17.7 Å². The molecule has 3 aromatic rings. The summed E-state index contributed by atoms with van der Waals surface area (Å²) in [4.78, 5) is 57.6. The van der Waals surface area contributed by atoms with Gasteiger partial charge in [0.15, 0.2) is 0 Å². The summed E-state index contributed by atoms with van der Waals surface area (Å²) >= 11 is 0. The highest BCUT2D eigenvalue weighted by atomic mass is 19.1. The molecule has 5 rings (SSSR count). The van der Waals surface area contributed by atoms with Gasteiger partial charge in [0.25, 0.3) is 0 Å². The van der Waals surface area contributed by atoms with Gasteiger partial charge >= 0.3 is 0 Å². The topological polar surface area (TPSA) is 133 Å². The van der Waals surface area contributed by atoms with Gasteiger partial charge in [-0.2, -0.15) is 0 Å². The molecule has 4 amide bonds. The fourth-order valence-electron chi connectivity index (χ4n) is 6.85. The number of piperazine rings is 1. The molecule has 2 fully saturated rings. The van der Waals surface area contributed by atoms with Crippen LogP contribution in [0.15, 0.2) is 47.1 Å². The SMILES string of the molecule is CCC(=O)N[C@@H](C(=O)N1CCN(C)CC1)[C@@H](C)c1ccc(NC(=O)[C@H](C(=O)Nc2coc3cc(OC)ccc23)C2CCCCCC2)c(F)c1. The molecule has 1 saturated carbocycles. The Hall–Kier alpha value is -4.45. The summed E-state index contributed by atoms with van der Waals surface area (Å²) in [5.41, 5.74) is 1.41. The summed E-state index contributed by atoms with van der Waals surface area (Å²) in [7, 11) is 3.55. The van der Waals surface area contributed by atoms with E-state index in [-0.39, 0.29) is 29.8 Å². The van der Waals surface area contributed by atoms with Crippen molar-refractivity contribution in [1.29, 1.82) is 0 Å². The number of carbonyl (C=O) groups excluding carboxylic acids is 4. The van der Waals surface area contributed by atoms with E-state index in [0.29, 0.717) is 53.9 Å². The van der Waals surface area contributed by atoms with Gasteiger partial charge in [0.05, 0.1) is 18.5 Å². The minimum Gasteiger partial charge on any atom is -0.497 e. The Morgan fingerprint density at radius 1 is 0.939 bits per heavy atom. The molecule has 49 heavy (non-hydrogen) atoms. The molecule has 2 aliphatic rings.